The standard InChI is InChI=1S/C34H28Cl3N3O6/c1-39-31(44)33(36)16-23-21(27(34(33,37)32(39)45)17-14-24(35)28(41)25(15-17)46-2)12-13-22-26(23)30(43)40(29(22)42)20-10-8-19(9-11-20)38-18-6-4-3-5-7-18/h3-12,14-15,22-23,26-27,38,41H,13,16H2,1-2H3. The number of para-hydroxylation sites is 1. The van der Waals surface area contributed by atoms with Crippen LogP contribution in [-0.4, -0.2) is 57.5 Å². The van der Waals surface area contributed by atoms with Gasteiger partial charge < -0.3 is 15.2 Å². The summed E-state index contributed by atoms with van der Waals surface area (Å²) in [7, 11) is 2.67. The Morgan fingerprint density at radius 3 is 2.26 bits per heavy atom. The van der Waals surface area contributed by atoms with Crippen LogP contribution in [0.1, 0.15) is 24.3 Å². The molecule has 12 heteroatoms. The Balaban J connectivity index is 1.29. The number of alkyl halides is 2. The molecule has 2 saturated heterocycles. The van der Waals surface area contributed by atoms with E-state index in [0.717, 1.165) is 16.3 Å². The van der Waals surface area contributed by atoms with E-state index in [4.69, 9.17) is 39.5 Å². The first-order chi connectivity index (χ1) is 21.9. The zero-order valence-electron chi connectivity index (χ0n) is 24.7. The number of likely N-dealkylation sites (tertiary alicyclic amines) is 1. The van der Waals surface area contributed by atoms with Gasteiger partial charge in [-0.2, -0.15) is 0 Å². The van der Waals surface area contributed by atoms with Crippen LogP contribution in [0, 0.1) is 17.8 Å². The predicted molar refractivity (Wildman–Crippen MR) is 174 cm³/mol. The van der Waals surface area contributed by atoms with Crippen molar-refractivity contribution in [2.24, 2.45) is 17.8 Å². The van der Waals surface area contributed by atoms with E-state index in [1.165, 1.54) is 31.2 Å². The fourth-order valence-corrected chi connectivity index (χ4v) is 8.91. The number of carbonyl (C=O) groups is 4. The molecular weight excluding hydrogens is 653 g/mol. The topological polar surface area (TPSA) is 116 Å². The van der Waals surface area contributed by atoms with Crippen molar-refractivity contribution in [2.75, 3.05) is 24.4 Å². The van der Waals surface area contributed by atoms with Gasteiger partial charge in [-0.3, -0.25) is 29.0 Å². The van der Waals surface area contributed by atoms with Crippen LogP contribution in [0.3, 0.4) is 0 Å². The number of carbonyl (C=O) groups excluding carboxylic acids is 4. The highest BCUT2D eigenvalue weighted by Crippen LogP contribution is 2.65. The largest absolute Gasteiger partial charge is 0.503 e. The number of hydrogen-bond acceptors (Lipinski definition) is 7. The fraction of sp³-hybridized carbons (Fsp3) is 0.294. The third-order valence-corrected chi connectivity index (χ3v) is 11.5. The highest BCUT2D eigenvalue weighted by Gasteiger charge is 2.76. The molecule has 3 aromatic rings. The number of anilines is 3. The fourth-order valence-electron chi connectivity index (χ4n) is 7.67. The summed E-state index contributed by atoms with van der Waals surface area (Å²) in [6, 6.07) is 19.6. The molecule has 4 aliphatic rings. The van der Waals surface area contributed by atoms with Gasteiger partial charge in [0, 0.05) is 24.3 Å². The van der Waals surface area contributed by atoms with Crippen LogP contribution in [0.4, 0.5) is 17.1 Å². The molecule has 3 aromatic carbocycles. The lowest BCUT2D eigenvalue weighted by molar-refractivity contribution is -0.138. The third-order valence-electron chi connectivity index (χ3n) is 9.81. The van der Waals surface area contributed by atoms with Gasteiger partial charge in [0.2, 0.25) is 11.8 Å². The van der Waals surface area contributed by atoms with E-state index in [-0.39, 0.29) is 35.3 Å². The Labute approximate surface area is 279 Å². The number of phenolic OH excluding ortho intramolecular Hbond substituents is 1. The zero-order valence-corrected chi connectivity index (χ0v) is 26.9. The maximum absolute atomic E-state index is 14.3. The van der Waals surface area contributed by atoms with Gasteiger partial charge in [0.05, 0.1) is 29.7 Å². The van der Waals surface area contributed by atoms with Crippen molar-refractivity contribution in [1.29, 1.82) is 0 Å². The van der Waals surface area contributed by atoms with Gasteiger partial charge in [-0.25, -0.2) is 0 Å². The average Bonchev–Trinajstić information content (AvgIpc) is 3.38. The van der Waals surface area contributed by atoms with Crippen LogP contribution in [0.25, 0.3) is 0 Å². The molecular formula is C34H28Cl3N3O6. The predicted octanol–water partition coefficient (Wildman–Crippen LogP) is 5.99. The molecule has 236 valence electrons. The number of aromatic hydroxyl groups is 1. The summed E-state index contributed by atoms with van der Waals surface area (Å²) in [5.41, 5.74) is 3.08. The summed E-state index contributed by atoms with van der Waals surface area (Å²) in [6.07, 6.45) is 1.92. The number of nitrogens with zero attached hydrogens (tertiary/aromatic N) is 2. The molecule has 2 heterocycles. The molecule has 4 amide bonds. The van der Waals surface area contributed by atoms with E-state index in [1.54, 1.807) is 24.3 Å². The highest BCUT2D eigenvalue weighted by molar-refractivity contribution is 6.53. The number of fused-ring (bicyclic) bond motifs is 4. The van der Waals surface area contributed by atoms with Gasteiger partial charge in [-0.05, 0) is 72.9 Å². The van der Waals surface area contributed by atoms with Crippen molar-refractivity contribution >= 4 is 75.5 Å². The molecule has 6 unspecified atom stereocenters. The first-order valence-electron chi connectivity index (χ1n) is 14.7. The van der Waals surface area contributed by atoms with Crippen LogP contribution in [0.15, 0.2) is 78.4 Å². The maximum atomic E-state index is 14.3. The first kappa shape index (κ1) is 30.6. The molecule has 0 bridgehead atoms. The number of ether oxygens (including phenoxy) is 1. The van der Waals surface area contributed by atoms with Crippen molar-refractivity contribution in [3.63, 3.8) is 0 Å². The lowest BCUT2D eigenvalue weighted by Gasteiger charge is -2.50. The third kappa shape index (κ3) is 4.14. The maximum Gasteiger partial charge on any atom is 0.253 e. The van der Waals surface area contributed by atoms with E-state index >= 15 is 0 Å². The number of allylic oxidation sites excluding steroid dienone is 2. The number of methoxy groups -OCH3 is 1. The minimum Gasteiger partial charge on any atom is -0.503 e. The summed E-state index contributed by atoms with van der Waals surface area (Å²) in [5.74, 6) is -5.69. The van der Waals surface area contributed by atoms with Crippen molar-refractivity contribution < 1.29 is 29.0 Å². The Hall–Kier alpha value is -4.05. The van der Waals surface area contributed by atoms with Crippen molar-refractivity contribution in [1.82, 2.24) is 4.90 Å². The molecule has 0 radical (unpaired) electrons. The zero-order chi connectivity index (χ0) is 32.7. The Kier molecular flexibility index (Phi) is 7.15. The number of hydrogen-bond donors (Lipinski definition) is 2. The summed E-state index contributed by atoms with van der Waals surface area (Å²) in [5, 5.41) is 13.7. The molecule has 3 fully saturated rings. The van der Waals surface area contributed by atoms with Gasteiger partial charge in [0.1, 0.15) is 0 Å². The number of benzene rings is 3. The first-order valence-corrected chi connectivity index (χ1v) is 15.8. The summed E-state index contributed by atoms with van der Waals surface area (Å²) in [6.45, 7) is 0. The SMILES string of the molecule is COc1cc(C2C3=CCC4C(=O)N(c5ccc(Nc6ccccc6)cc5)C(=O)C4C3CC3(Cl)C(=O)N(C)C(=O)C23Cl)cc(Cl)c1O. The molecule has 2 N–H and O–H groups in total. The Morgan fingerprint density at radius 1 is 0.913 bits per heavy atom. The summed E-state index contributed by atoms with van der Waals surface area (Å²) >= 11 is 20.8. The molecule has 2 aliphatic heterocycles. The van der Waals surface area contributed by atoms with E-state index < -0.39 is 51.1 Å². The van der Waals surface area contributed by atoms with Crippen LogP contribution in [0.2, 0.25) is 5.02 Å². The number of rotatable bonds is 5. The van der Waals surface area contributed by atoms with Crippen LogP contribution in [-0.2, 0) is 19.2 Å². The lowest BCUT2D eigenvalue weighted by atomic mass is 9.56. The molecule has 2 aliphatic carbocycles. The van der Waals surface area contributed by atoms with Crippen LogP contribution < -0.4 is 15.0 Å². The van der Waals surface area contributed by atoms with Gasteiger partial charge in [-0.15, -0.1) is 23.2 Å². The molecule has 1 saturated carbocycles. The molecule has 9 nitrogen and oxygen atoms in total. The second kappa shape index (κ2) is 10.8. The lowest BCUT2D eigenvalue weighted by Crippen LogP contribution is -2.60. The van der Waals surface area contributed by atoms with Crippen LogP contribution in [0.5, 0.6) is 11.5 Å². The minimum absolute atomic E-state index is 0.0352. The molecule has 46 heavy (non-hydrogen) atoms. The molecule has 7 rings (SSSR count). The normalized spacial score (nSPS) is 30.2. The van der Waals surface area contributed by atoms with Crippen molar-refractivity contribution in [2.45, 2.75) is 28.5 Å². The van der Waals surface area contributed by atoms with Crippen molar-refractivity contribution in [3.8, 4) is 11.5 Å². The van der Waals surface area contributed by atoms with E-state index in [2.05, 4.69) is 5.32 Å². The summed E-state index contributed by atoms with van der Waals surface area (Å²) < 4.78 is 5.33. The molecule has 6 atom stereocenters. The average molecular weight is 681 g/mol. The van der Waals surface area contributed by atoms with E-state index in [9.17, 15) is 24.3 Å². The number of halogens is 3. The van der Waals surface area contributed by atoms with Gasteiger partial charge in [0.15, 0.2) is 21.2 Å². The second-order valence-electron chi connectivity index (χ2n) is 12.1. The number of imide groups is 2. The summed E-state index contributed by atoms with van der Waals surface area (Å²) in [4.78, 5) is 53.8. The van der Waals surface area contributed by atoms with E-state index in [0.29, 0.717) is 16.8 Å². The molecule has 0 spiro atoms. The molecule has 0 aromatic heterocycles. The highest BCUT2D eigenvalue weighted by atomic mass is 35.5. The van der Waals surface area contributed by atoms with Gasteiger partial charge in [-0.1, -0.05) is 41.4 Å². The quantitative estimate of drug-likeness (QED) is 0.193. The van der Waals surface area contributed by atoms with Crippen molar-refractivity contribution in [3.05, 3.63) is 89.0 Å². The Morgan fingerprint density at radius 2 is 1.59 bits per heavy atom. The smallest absolute Gasteiger partial charge is 0.253 e. The van der Waals surface area contributed by atoms with Crippen LogP contribution >= 0.6 is 34.8 Å². The van der Waals surface area contributed by atoms with Gasteiger partial charge >= 0.3 is 0 Å². The van der Waals surface area contributed by atoms with E-state index in [1.807, 2.05) is 36.4 Å². The minimum atomic E-state index is -1.98. The van der Waals surface area contributed by atoms with Gasteiger partial charge in [0.25, 0.3) is 11.8 Å². The monoisotopic (exact) mass is 679 g/mol. The number of phenols is 1. The number of amides is 4. The Bertz CT molecular complexity index is 1850. The second-order valence-corrected chi connectivity index (χ2v) is 13.7. The number of nitrogens with one attached hydrogen (secondary N) is 1.